The minimum Gasteiger partial charge on any atom is -0.481 e. The number of benzene rings is 1. The van der Waals surface area contributed by atoms with Crippen LogP contribution in [-0.2, 0) is 14.3 Å². The normalized spacial score (nSPS) is 26.4. The Morgan fingerprint density at radius 1 is 1.35 bits per heavy atom. The quantitative estimate of drug-likeness (QED) is 0.849. The van der Waals surface area contributed by atoms with E-state index >= 15 is 0 Å². The average Bonchev–Trinajstić information content (AvgIpc) is 2.77. The predicted molar refractivity (Wildman–Crippen MR) is 68.5 cm³/mol. The van der Waals surface area contributed by atoms with Crippen LogP contribution in [0.25, 0.3) is 0 Å². The molecule has 1 saturated heterocycles. The third-order valence-electron chi connectivity index (χ3n) is 3.79. The maximum Gasteiger partial charge on any atom is 0.323 e. The smallest absolute Gasteiger partial charge is 0.323 e. The summed E-state index contributed by atoms with van der Waals surface area (Å²) in [6.07, 6.45) is 0.181. The van der Waals surface area contributed by atoms with Crippen LogP contribution in [0.5, 0.6) is 0 Å². The molecule has 0 unspecified atom stereocenters. The number of likely N-dealkylation sites (tertiary alicyclic amines) is 1. The topological polar surface area (TPSA) is 66.8 Å². The zero-order valence-corrected chi connectivity index (χ0v) is 11.2. The number of rotatable bonds is 3. The highest BCUT2D eigenvalue weighted by Gasteiger charge is 2.47. The van der Waals surface area contributed by atoms with Gasteiger partial charge in [-0.25, -0.2) is 4.39 Å². The molecule has 1 fully saturated rings. The number of carbonyl (C=O) groups is 2. The number of carboxylic acid groups (broad SMARTS) is 1. The molecule has 2 rings (SSSR count). The number of nitrogens with zero attached hydrogens (tertiary/aromatic N) is 1. The third-order valence-corrected chi connectivity index (χ3v) is 3.79. The summed E-state index contributed by atoms with van der Waals surface area (Å²) in [5.41, 5.74) is 0.674. The molecule has 0 aliphatic carbocycles. The molecule has 1 aromatic rings. The van der Waals surface area contributed by atoms with E-state index in [4.69, 9.17) is 4.74 Å². The molecule has 0 saturated carbocycles. The summed E-state index contributed by atoms with van der Waals surface area (Å²) in [7, 11) is 2.95. The summed E-state index contributed by atoms with van der Waals surface area (Å²) in [4.78, 5) is 24.8. The standard InChI is InChI=1S/C14H16FNO4/c1-16-11(14(19)20-2)7-10(13(17)18)12(16)8-3-5-9(15)6-4-8/h3-6,10-12H,7H2,1-2H3,(H,17,18)/t10-,11+,12+/m1/s1. The highest BCUT2D eigenvalue weighted by molar-refractivity contribution is 5.79. The van der Waals surface area contributed by atoms with Crippen LogP contribution < -0.4 is 0 Å². The van der Waals surface area contributed by atoms with Gasteiger partial charge in [-0.15, -0.1) is 0 Å². The van der Waals surface area contributed by atoms with Gasteiger partial charge in [-0.1, -0.05) is 12.1 Å². The van der Waals surface area contributed by atoms with E-state index in [-0.39, 0.29) is 12.2 Å². The van der Waals surface area contributed by atoms with Crippen LogP contribution in [0.4, 0.5) is 4.39 Å². The van der Waals surface area contributed by atoms with Gasteiger partial charge in [0.25, 0.3) is 0 Å². The van der Waals surface area contributed by atoms with Gasteiger partial charge in [-0.2, -0.15) is 0 Å². The summed E-state index contributed by atoms with van der Waals surface area (Å²) < 4.78 is 17.7. The largest absolute Gasteiger partial charge is 0.481 e. The molecule has 1 aliphatic rings. The molecule has 1 heterocycles. The van der Waals surface area contributed by atoms with Crippen molar-refractivity contribution in [2.45, 2.75) is 18.5 Å². The van der Waals surface area contributed by atoms with E-state index in [1.807, 2.05) is 0 Å². The molecular formula is C14H16FNO4. The minimum atomic E-state index is -0.974. The van der Waals surface area contributed by atoms with Gasteiger partial charge in [0.15, 0.2) is 0 Å². The van der Waals surface area contributed by atoms with Crippen LogP contribution in [0.1, 0.15) is 18.0 Å². The Bertz CT molecular complexity index is 516. The SMILES string of the molecule is COC(=O)[C@@H]1C[C@@H](C(=O)O)[C@H](c2ccc(F)cc2)N1C. The average molecular weight is 281 g/mol. The monoisotopic (exact) mass is 281 g/mol. The number of likely N-dealkylation sites (N-methyl/N-ethyl adjacent to an activating group) is 1. The molecule has 0 spiro atoms. The summed E-state index contributed by atoms with van der Waals surface area (Å²) in [6.45, 7) is 0. The molecule has 0 amide bonds. The molecule has 0 radical (unpaired) electrons. The number of hydrogen-bond acceptors (Lipinski definition) is 4. The van der Waals surface area contributed by atoms with Crippen LogP contribution >= 0.6 is 0 Å². The van der Waals surface area contributed by atoms with Crippen LogP contribution in [0.15, 0.2) is 24.3 Å². The number of esters is 1. The molecular weight excluding hydrogens is 265 g/mol. The summed E-state index contributed by atoms with van der Waals surface area (Å²) in [5.74, 6) is -2.54. The fourth-order valence-corrected chi connectivity index (χ4v) is 2.78. The first-order valence-electron chi connectivity index (χ1n) is 6.23. The molecule has 6 heteroatoms. The number of carbonyl (C=O) groups excluding carboxylic acids is 1. The molecule has 20 heavy (non-hydrogen) atoms. The highest BCUT2D eigenvalue weighted by atomic mass is 19.1. The van der Waals surface area contributed by atoms with Gasteiger partial charge in [0.1, 0.15) is 11.9 Å². The number of methoxy groups -OCH3 is 1. The maximum atomic E-state index is 13.0. The lowest BCUT2D eigenvalue weighted by atomic mass is 9.93. The van der Waals surface area contributed by atoms with E-state index in [1.54, 1.807) is 24.1 Å². The van der Waals surface area contributed by atoms with Gasteiger partial charge >= 0.3 is 11.9 Å². The van der Waals surface area contributed by atoms with Crippen LogP contribution in [0.2, 0.25) is 0 Å². The van der Waals surface area contributed by atoms with Crippen LogP contribution in [0, 0.1) is 11.7 Å². The first-order valence-corrected chi connectivity index (χ1v) is 6.23. The summed E-state index contributed by atoms with van der Waals surface area (Å²) in [6, 6.07) is 4.59. The van der Waals surface area contributed by atoms with Crippen molar-refractivity contribution >= 4 is 11.9 Å². The van der Waals surface area contributed by atoms with Gasteiger partial charge < -0.3 is 9.84 Å². The van der Waals surface area contributed by atoms with Crippen molar-refractivity contribution in [3.05, 3.63) is 35.6 Å². The predicted octanol–water partition coefficient (Wildman–Crippen LogP) is 1.44. The second-order valence-electron chi connectivity index (χ2n) is 4.88. The molecule has 1 aromatic carbocycles. The first-order chi connectivity index (χ1) is 9.45. The molecule has 0 aromatic heterocycles. The Morgan fingerprint density at radius 2 is 1.95 bits per heavy atom. The van der Waals surface area contributed by atoms with Crippen molar-refractivity contribution in [1.82, 2.24) is 4.90 Å². The van der Waals surface area contributed by atoms with E-state index in [0.717, 1.165) is 0 Å². The van der Waals surface area contributed by atoms with E-state index in [2.05, 4.69) is 0 Å². The zero-order valence-electron chi connectivity index (χ0n) is 11.2. The lowest BCUT2D eigenvalue weighted by molar-refractivity contribution is -0.145. The highest BCUT2D eigenvalue weighted by Crippen LogP contribution is 2.40. The molecule has 1 aliphatic heterocycles. The van der Waals surface area contributed by atoms with Gasteiger partial charge in [0.2, 0.25) is 0 Å². The number of ether oxygens (including phenoxy) is 1. The van der Waals surface area contributed by atoms with Crippen molar-refractivity contribution in [1.29, 1.82) is 0 Å². The van der Waals surface area contributed by atoms with Crippen LogP contribution in [0.3, 0.4) is 0 Å². The third kappa shape index (κ3) is 2.51. The second-order valence-corrected chi connectivity index (χ2v) is 4.88. The molecule has 5 nitrogen and oxygen atoms in total. The van der Waals surface area contributed by atoms with Crippen molar-refractivity contribution in [2.75, 3.05) is 14.2 Å². The fraction of sp³-hybridized carbons (Fsp3) is 0.429. The number of hydrogen-bond donors (Lipinski definition) is 1. The molecule has 3 atom stereocenters. The molecule has 108 valence electrons. The van der Waals surface area contributed by atoms with Gasteiger partial charge in [-0.05, 0) is 31.2 Å². The van der Waals surface area contributed by atoms with E-state index in [0.29, 0.717) is 5.56 Å². The fourth-order valence-electron chi connectivity index (χ4n) is 2.78. The van der Waals surface area contributed by atoms with Crippen molar-refractivity contribution < 1.29 is 23.8 Å². The van der Waals surface area contributed by atoms with Crippen molar-refractivity contribution in [2.24, 2.45) is 5.92 Å². The second kappa shape index (κ2) is 5.58. The Morgan fingerprint density at radius 3 is 2.45 bits per heavy atom. The lowest BCUT2D eigenvalue weighted by Gasteiger charge is -2.25. The zero-order chi connectivity index (χ0) is 14.9. The molecule has 1 N–H and O–H groups in total. The van der Waals surface area contributed by atoms with Gasteiger partial charge in [0.05, 0.1) is 13.0 Å². The minimum absolute atomic E-state index is 0.181. The van der Waals surface area contributed by atoms with Crippen LogP contribution in [-0.4, -0.2) is 42.1 Å². The van der Waals surface area contributed by atoms with Crippen molar-refractivity contribution in [3.63, 3.8) is 0 Å². The summed E-state index contributed by atoms with van der Waals surface area (Å²) in [5, 5.41) is 9.34. The van der Waals surface area contributed by atoms with Gasteiger partial charge in [-0.3, -0.25) is 14.5 Å². The lowest BCUT2D eigenvalue weighted by Crippen LogP contribution is -2.35. The van der Waals surface area contributed by atoms with E-state index < -0.39 is 29.9 Å². The van der Waals surface area contributed by atoms with E-state index in [1.165, 1.54) is 19.2 Å². The van der Waals surface area contributed by atoms with Gasteiger partial charge in [0, 0.05) is 6.04 Å². The Hall–Kier alpha value is -1.95. The molecule has 0 bridgehead atoms. The number of aliphatic carboxylic acids is 1. The summed E-state index contributed by atoms with van der Waals surface area (Å²) >= 11 is 0. The maximum absolute atomic E-state index is 13.0. The number of carboxylic acids is 1. The van der Waals surface area contributed by atoms with E-state index in [9.17, 15) is 19.1 Å². The first kappa shape index (κ1) is 14.5. The van der Waals surface area contributed by atoms with Crippen molar-refractivity contribution in [3.8, 4) is 0 Å². The Kier molecular flexibility index (Phi) is 4.04. The number of halogens is 1. The Balaban J connectivity index is 2.35. The Labute approximate surface area is 116 Å².